The van der Waals surface area contributed by atoms with Crippen LogP contribution in [0.1, 0.15) is 39.0 Å². The summed E-state index contributed by atoms with van der Waals surface area (Å²) in [4.78, 5) is 38.9. The highest BCUT2D eigenvalue weighted by molar-refractivity contribution is 6.03. The van der Waals surface area contributed by atoms with Crippen LogP contribution in [0.5, 0.6) is 0 Å². The number of hydrogen-bond donors (Lipinski definition) is 1. The summed E-state index contributed by atoms with van der Waals surface area (Å²) in [7, 11) is 1.66. The van der Waals surface area contributed by atoms with Crippen LogP contribution in [0.15, 0.2) is 71.3 Å². The number of amides is 2. The summed E-state index contributed by atoms with van der Waals surface area (Å²) in [6, 6.07) is 17.5. The van der Waals surface area contributed by atoms with Crippen molar-refractivity contribution in [1.29, 1.82) is 0 Å². The van der Waals surface area contributed by atoms with Crippen LogP contribution >= 0.6 is 0 Å². The monoisotopic (exact) mass is 420 g/mol. The first-order valence-corrected chi connectivity index (χ1v) is 9.80. The van der Waals surface area contributed by atoms with Gasteiger partial charge in [0.2, 0.25) is 0 Å². The van der Waals surface area contributed by atoms with Crippen LogP contribution < -0.4 is 5.32 Å². The first-order valence-electron chi connectivity index (χ1n) is 9.80. The predicted octanol–water partition coefficient (Wildman–Crippen LogP) is 4.04. The van der Waals surface area contributed by atoms with Crippen molar-refractivity contribution in [3.8, 4) is 0 Å². The quantitative estimate of drug-likeness (QED) is 0.583. The van der Waals surface area contributed by atoms with Gasteiger partial charge in [-0.2, -0.15) is 0 Å². The molecule has 0 radical (unpaired) electrons. The van der Waals surface area contributed by atoms with Crippen molar-refractivity contribution in [2.75, 3.05) is 12.4 Å². The summed E-state index contributed by atoms with van der Waals surface area (Å²) >= 11 is 0. The minimum atomic E-state index is -0.955. The molecule has 0 saturated carbocycles. The SMILES string of the molecule is Cc1ccc(C(=O)O[C@H](C)C(=O)N(C)Cc2ccccc2)cc1NC(=O)c1ccco1. The number of carbonyl (C=O) groups is 3. The largest absolute Gasteiger partial charge is 0.459 e. The normalized spacial score (nSPS) is 11.5. The molecule has 7 heteroatoms. The average Bonchev–Trinajstić information content (AvgIpc) is 3.30. The molecule has 1 aromatic heterocycles. The first kappa shape index (κ1) is 21.8. The van der Waals surface area contributed by atoms with Crippen molar-refractivity contribution in [2.24, 2.45) is 0 Å². The lowest BCUT2D eigenvalue weighted by Crippen LogP contribution is -2.37. The zero-order chi connectivity index (χ0) is 22.4. The Hall–Kier alpha value is -3.87. The maximum Gasteiger partial charge on any atom is 0.338 e. The topological polar surface area (TPSA) is 88.9 Å². The van der Waals surface area contributed by atoms with Gasteiger partial charge in [-0.25, -0.2) is 4.79 Å². The predicted molar refractivity (Wildman–Crippen MR) is 116 cm³/mol. The maximum atomic E-state index is 12.6. The molecule has 3 aromatic rings. The Balaban J connectivity index is 1.64. The highest BCUT2D eigenvalue weighted by atomic mass is 16.5. The van der Waals surface area contributed by atoms with Gasteiger partial charge in [0.15, 0.2) is 11.9 Å². The third-order valence-electron chi connectivity index (χ3n) is 4.74. The van der Waals surface area contributed by atoms with Crippen molar-refractivity contribution in [2.45, 2.75) is 26.5 Å². The molecule has 0 aliphatic rings. The van der Waals surface area contributed by atoms with Crippen LogP contribution in [0.3, 0.4) is 0 Å². The lowest BCUT2D eigenvalue weighted by atomic mass is 10.1. The summed E-state index contributed by atoms with van der Waals surface area (Å²) in [5, 5.41) is 2.71. The van der Waals surface area contributed by atoms with E-state index in [9.17, 15) is 14.4 Å². The molecule has 2 amide bonds. The fourth-order valence-corrected chi connectivity index (χ4v) is 3.00. The summed E-state index contributed by atoms with van der Waals surface area (Å²) in [5.74, 6) is -1.23. The van der Waals surface area contributed by atoms with E-state index in [4.69, 9.17) is 9.15 Å². The van der Waals surface area contributed by atoms with Gasteiger partial charge in [0, 0.05) is 19.3 Å². The van der Waals surface area contributed by atoms with E-state index < -0.39 is 18.0 Å². The van der Waals surface area contributed by atoms with Crippen LogP contribution in [-0.4, -0.2) is 35.8 Å². The maximum absolute atomic E-state index is 12.6. The van der Waals surface area contributed by atoms with Crippen molar-refractivity contribution in [3.05, 3.63) is 89.4 Å². The van der Waals surface area contributed by atoms with E-state index in [1.165, 1.54) is 24.2 Å². The van der Waals surface area contributed by atoms with Gasteiger partial charge in [0.05, 0.1) is 11.8 Å². The molecule has 0 unspecified atom stereocenters. The van der Waals surface area contributed by atoms with Gasteiger partial charge in [0.25, 0.3) is 11.8 Å². The molecule has 0 saturated heterocycles. The van der Waals surface area contributed by atoms with Crippen LogP contribution in [-0.2, 0) is 16.1 Å². The fraction of sp³-hybridized carbons (Fsp3) is 0.208. The molecule has 0 spiro atoms. The molecule has 7 nitrogen and oxygen atoms in total. The van der Waals surface area contributed by atoms with E-state index in [0.717, 1.165) is 11.1 Å². The number of benzene rings is 2. The Kier molecular flexibility index (Phi) is 6.87. The van der Waals surface area contributed by atoms with Crippen molar-refractivity contribution in [1.82, 2.24) is 4.90 Å². The number of carbonyl (C=O) groups excluding carboxylic acids is 3. The fourth-order valence-electron chi connectivity index (χ4n) is 3.00. The third-order valence-corrected chi connectivity index (χ3v) is 4.74. The van der Waals surface area contributed by atoms with Crippen LogP contribution in [0.2, 0.25) is 0 Å². The number of rotatable bonds is 7. The van der Waals surface area contributed by atoms with Crippen molar-refractivity contribution >= 4 is 23.5 Å². The number of esters is 1. The van der Waals surface area contributed by atoms with Gasteiger partial charge in [-0.05, 0) is 49.2 Å². The Morgan fingerprint density at radius 1 is 1.06 bits per heavy atom. The number of hydrogen-bond acceptors (Lipinski definition) is 5. The Bertz CT molecular complexity index is 1060. The number of nitrogens with zero attached hydrogens (tertiary/aromatic N) is 1. The molecule has 3 rings (SSSR count). The first-order chi connectivity index (χ1) is 14.8. The van der Waals surface area contributed by atoms with E-state index in [1.54, 1.807) is 38.2 Å². The Labute approximate surface area is 180 Å². The lowest BCUT2D eigenvalue weighted by molar-refractivity contribution is -0.139. The van der Waals surface area contributed by atoms with Crippen LogP contribution in [0.4, 0.5) is 5.69 Å². The van der Waals surface area contributed by atoms with Crippen molar-refractivity contribution in [3.63, 3.8) is 0 Å². The zero-order valence-electron chi connectivity index (χ0n) is 17.6. The minimum Gasteiger partial charge on any atom is -0.459 e. The molecule has 2 aromatic carbocycles. The summed E-state index contributed by atoms with van der Waals surface area (Å²) in [6.07, 6.45) is 0.451. The van der Waals surface area contributed by atoms with Gasteiger partial charge in [-0.3, -0.25) is 9.59 Å². The second-order valence-corrected chi connectivity index (χ2v) is 7.19. The van der Waals surface area contributed by atoms with Gasteiger partial charge in [-0.15, -0.1) is 0 Å². The van der Waals surface area contributed by atoms with Crippen molar-refractivity contribution < 1.29 is 23.5 Å². The number of ether oxygens (including phenoxy) is 1. The highest BCUT2D eigenvalue weighted by Crippen LogP contribution is 2.19. The van der Waals surface area contributed by atoms with E-state index in [0.29, 0.717) is 12.2 Å². The second kappa shape index (κ2) is 9.75. The number of furan rings is 1. The number of nitrogens with one attached hydrogen (secondary N) is 1. The Morgan fingerprint density at radius 3 is 2.48 bits per heavy atom. The molecular formula is C24H24N2O5. The van der Waals surface area contributed by atoms with Gasteiger partial charge in [-0.1, -0.05) is 36.4 Å². The molecule has 1 atom stereocenters. The van der Waals surface area contributed by atoms with E-state index in [1.807, 2.05) is 30.3 Å². The summed E-state index contributed by atoms with van der Waals surface area (Å²) < 4.78 is 10.5. The van der Waals surface area contributed by atoms with Crippen LogP contribution in [0, 0.1) is 6.92 Å². The van der Waals surface area contributed by atoms with Gasteiger partial charge in [0.1, 0.15) is 0 Å². The third kappa shape index (κ3) is 5.60. The standard InChI is InChI=1S/C24H24N2O5/c1-16-11-12-19(14-20(16)25-22(27)21-10-7-13-30-21)24(29)31-17(2)23(28)26(3)15-18-8-5-4-6-9-18/h4-14,17H,15H2,1-3H3,(H,25,27)/t17-/m1/s1. The molecule has 0 bridgehead atoms. The Morgan fingerprint density at radius 2 is 1.81 bits per heavy atom. The summed E-state index contributed by atoms with van der Waals surface area (Å²) in [6.45, 7) is 3.75. The minimum absolute atomic E-state index is 0.160. The summed E-state index contributed by atoms with van der Waals surface area (Å²) in [5.41, 5.74) is 2.43. The average molecular weight is 420 g/mol. The zero-order valence-corrected chi connectivity index (χ0v) is 17.6. The van der Waals surface area contributed by atoms with E-state index in [-0.39, 0.29) is 17.2 Å². The molecule has 0 fully saturated rings. The smallest absolute Gasteiger partial charge is 0.338 e. The molecule has 31 heavy (non-hydrogen) atoms. The number of likely N-dealkylation sites (N-methyl/N-ethyl adjacent to an activating group) is 1. The number of aryl methyl sites for hydroxylation is 1. The molecule has 0 aliphatic heterocycles. The molecule has 1 N–H and O–H groups in total. The molecule has 160 valence electrons. The number of anilines is 1. The van der Waals surface area contributed by atoms with Gasteiger partial charge < -0.3 is 19.4 Å². The van der Waals surface area contributed by atoms with Crippen LogP contribution in [0.25, 0.3) is 0 Å². The second-order valence-electron chi connectivity index (χ2n) is 7.19. The van der Waals surface area contributed by atoms with Gasteiger partial charge >= 0.3 is 5.97 Å². The highest BCUT2D eigenvalue weighted by Gasteiger charge is 2.23. The molecule has 1 heterocycles. The lowest BCUT2D eigenvalue weighted by Gasteiger charge is -2.21. The molecular weight excluding hydrogens is 396 g/mol. The van der Waals surface area contributed by atoms with E-state index in [2.05, 4.69) is 5.32 Å². The van der Waals surface area contributed by atoms with E-state index >= 15 is 0 Å². The molecule has 0 aliphatic carbocycles.